The zero-order chi connectivity index (χ0) is 35.8. The van der Waals surface area contributed by atoms with Crippen LogP contribution < -0.4 is 11.1 Å². The van der Waals surface area contributed by atoms with Crippen LogP contribution >= 0.6 is 0 Å². The Balaban J connectivity index is 1.04. The Labute approximate surface area is 313 Å². The first-order chi connectivity index (χ1) is 26.2. The number of nitrogens with two attached hydrogens (primary N) is 1. The Morgan fingerprint density at radius 2 is 1.08 bits per heavy atom. The largest absolute Gasteiger partial charge is 0.398 e. The minimum absolute atomic E-state index is 0.156. The molecule has 7 aromatic rings. The fourth-order valence-corrected chi connectivity index (χ4v) is 7.19. The van der Waals surface area contributed by atoms with Crippen molar-refractivity contribution in [3.05, 3.63) is 223 Å². The summed E-state index contributed by atoms with van der Waals surface area (Å²) in [5.41, 5.74) is 22.7. The molecular formula is C51H42N2. The molecule has 8 rings (SSSR count). The molecule has 1 unspecified atom stereocenters. The molecule has 53 heavy (non-hydrogen) atoms. The molecule has 1 aliphatic carbocycles. The maximum absolute atomic E-state index is 6.76. The highest BCUT2D eigenvalue weighted by Gasteiger charge is 2.16. The summed E-state index contributed by atoms with van der Waals surface area (Å²) in [6, 6.07) is 64.6. The van der Waals surface area contributed by atoms with Gasteiger partial charge in [-0.2, -0.15) is 0 Å². The Kier molecular flexibility index (Phi) is 9.93. The van der Waals surface area contributed by atoms with Crippen LogP contribution in [0.3, 0.4) is 0 Å². The van der Waals surface area contributed by atoms with Gasteiger partial charge in [0, 0.05) is 28.6 Å². The van der Waals surface area contributed by atoms with Gasteiger partial charge in [-0.1, -0.05) is 175 Å². The lowest BCUT2D eigenvalue weighted by atomic mass is 9.85. The van der Waals surface area contributed by atoms with Gasteiger partial charge in [-0.15, -0.1) is 0 Å². The third kappa shape index (κ3) is 7.83. The molecule has 0 spiro atoms. The molecule has 0 aromatic heterocycles. The van der Waals surface area contributed by atoms with Gasteiger partial charge in [0.05, 0.1) is 0 Å². The molecule has 256 valence electrons. The number of hydrogen-bond donors (Lipinski definition) is 2. The molecule has 3 N–H and O–H groups in total. The highest BCUT2D eigenvalue weighted by Crippen LogP contribution is 2.37. The summed E-state index contributed by atoms with van der Waals surface area (Å²) in [5, 5.41) is 3.74. The van der Waals surface area contributed by atoms with Crippen LogP contribution in [-0.4, -0.2) is 0 Å². The third-order valence-corrected chi connectivity index (χ3v) is 10.1. The van der Waals surface area contributed by atoms with Gasteiger partial charge < -0.3 is 11.1 Å². The van der Waals surface area contributed by atoms with Gasteiger partial charge in [0.25, 0.3) is 0 Å². The number of anilines is 2. The van der Waals surface area contributed by atoms with E-state index in [0.717, 1.165) is 52.2 Å². The minimum atomic E-state index is 0.156. The van der Waals surface area contributed by atoms with Crippen molar-refractivity contribution in [2.75, 3.05) is 5.32 Å². The van der Waals surface area contributed by atoms with Gasteiger partial charge >= 0.3 is 0 Å². The molecule has 1 atom stereocenters. The van der Waals surface area contributed by atoms with Crippen LogP contribution in [-0.2, 0) is 0 Å². The number of rotatable bonds is 10. The van der Waals surface area contributed by atoms with Gasteiger partial charge in [-0.25, -0.2) is 0 Å². The molecule has 0 radical (unpaired) electrons. The van der Waals surface area contributed by atoms with Crippen LogP contribution in [0, 0.1) is 0 Å². The Morgan fingerprint density at radius 1 is 0.528 bits per heavy atom. The third-order valence-electron chi connectivity index (χ3n) is 10.1. The molecule has 0 heterocycles. The molecule has 0 bridgehead atoms. The van der Waals surface area contributed by atoms with E-state index in [0.29, 0.717) is 0 Å². The standard InChI is InChI=1S/C51H42N2/c52-50(36-48(41-18-9-3-10-19-41)42-20-11-4-12-21-42)43-26-24-39(25-27-43)40-28-31-47(32-29-40)53-51-33-30-45(38-16-7-2-8-17-38)35-49(51)46-23-13-22-44(34-46)37-14-5-1-6-15-37/h1-11,13-20,22-36,48,53H,12,21,52H2/b50-36-. The van der Waals surface area contributed by atoms with Crippen molar-refractivity contribution in [2.45, 2.75) is 18.8 Å². The number of allylic oxidation sites excluding steroid dienone is 5. The molecule has 0 saturated carbocycles. The summed E-state index contributed by atoms with van der Waals surface area (Å²) < 4.78 is 0. The number of hydrogen-bond acceptors (Lipinski definition) is 2. The fraction of sp³-hybridized carbons (Fsp3) is 0.0588. The smallest absolute Gasteiger partial charge is 0.0464 e. The predicted molar refractivity (Wildman–Crippen MR) is 226 cm³/mol. The first-order valence-corrected chi connectivity index (χ1v) is 18.4. The summed E-state index contributed by atoms with van der Waals surface area (Å²) in [6.45, 7) is 0. The monoisotopic (exact) mass is 682 g/mol. The summed E-state index contributed by atoms with van der Waals surface area (Å²) in [7, 11) is 0. The van der Waals surface area contributed by atoms with Crippen LogP contribution in [0.4, 0.5) is 11.4 Å². The molecular weight excluding hydrogens is 641 g/mol. The first kappa shape index (κ1) is 33.5. The molecule has 0 fully saturated rings. The molecule has 0 saturated heterocycles. The number of nitrogens with one attached hydrogen (secondary N) is 1. The van der Waals surface area contributed by atoms with E-state index in [4.69, 9.17) is 5.73 Å². The maximum Gasteiger partial charge on any atom is 0.0464 e. The second-order valence-corrected chi connectivity index (χ2v) is 13.6. The summed E-state index contributed by atoms with van der Waals surface area (Å²) in [6.07, 6.45) is 11.0. The maximum atomic E-state index is 6.76. The van der Waals surface area contributed by atoms with Crippen LogP contribution in [0.2, 0.25) is 0 Å². The highest BCUT2D eigenvalue weighted by atomic mass is 14.9. The summed E-state index contributed by atoms with van der Waals surface area (Å²) in [5.74, 6) is 0.156. The van der Waals surface area contributed by atoms with Gasteiger partial charge in [0.15, 0.2) is 0 Å². The normalized spacial score (nSPS) is 13.3. The van der Waals surface area contributed by atoms with E-state index in [1.165, 1.54) is 39.0 Å². The van der Waals surface area contributed by atoms with E-state index in [9.17, 15) is 0 Å². The van der Waals surface area contributed by atoms with Crippen LogP contribution in [0.15, 0.2) is 212 Å². The van der Waals surface area contributed by atoms with Gasteiger partial charge in [0.1, 0.15) is 0 Å². The van der Waals surface area contributed by atoms with Crippen molar-refractivity contribution in [3.63, 3.8) is 0 Å². The van der Waals surface area contributed by atoms with Crippen molar-refractivity contribution in [1.29, 1.82) is 0 Å². The molecule has 7 aromatic carbocycles. The zero-order valence-corrected chi connectivity index (χ0v) is 29.7. The van der Waals surface area contributed by atoms with Crippen molar-refractivity contribution in [1.82, 2.24) is 0 Å². The molecule has 0 amide bonds. The first-order valence-electron chi connectivity index (χ1n) is 18.4. The second-order valence-electron chi connectivity index (χ2n) is 13.6. The van der Waals surface area contributed by atoms with Crippen LogP contribution in [0.25, 0.3) is 50.2 Å². The number of benzene rings is 7. The topological polar surface area (TPSA) is 38.0 Å². The van der Waals surface area contributed by atoms with Crippen LogP contribution in [0.5, 0.6) is 0 Å². The van der Waals surface area contributed by atoms with Crippen molar-refractivity contribution in [2.24, 2.45) is 5.73 Å². The average molecular weight is 683 g/mol. The average Bonchev–Trinajstić information content (AvgIpc) is 3.24. The summed E-state index contributed by atoms with van der Waals surface area (Å²) in [4.78, 5) is 0. The van der Waals surface area contributed by atoms with Crippen molar-refractivity contribution in [3.8, 4) is 44.5 Å². The quantitative estimate of drug-likeness (QED) is 0.151. The second kappa shape index (κ2) is 15.7. The van der Waals surface area contributed by atoms with E-state index in [1.807, 2.05) is 0 Å². The van der Waals surface area contributed by atoms with Gasteiger partial charge in [-0.3, -0.25) is 0 Å². The SMILES string of the molecule is N/C(=C\C(C1=CC=CCC1)c1ccccc1)c1ccc(-c2ccc(Nc3ccc(-c4ccccc4)cc3-c3cccc(-c4ccccc4)c3)cc2)cc1. The van der Waals surface area contributed by atoms with Crippen LogP contribution in [0.1, 0.15) is 29.9 Å². The molecule has 2 heteroatoms. The predicted octanol–water partition coefficient (Wildman–Crippen LogP) is 13.5. The molecule has 0 aliphatic heterocycles. The van der Waals surface area contributed by atoms with E-state index < -0.39 is 0 Å². The minimum Gasteiger partial charge on any atom is -0.398 e. The summed E-state index contributed by atoms with van der Waals surface area (Å²) >= 11 is 0. The van der Waals surface area contributed by atoms with Gasteiger partial charge in [-0.05, 0) is 99.3 Å². The highest BCUT2D eigenvalue weighted by molar-refractivity contribution is 5.87. The lowest BCUT2D eigenvalue weighted by Gasteiger charge is -2.20. The van der Waals surface area contributed by atoms with E-state index in [2.05, 4.69) is 212 Å². The molecule has 2 nitrogen and oxygen atoms in total. The molecule has 1 aliphatic rings. The lowest BCUT2D eigenvalue weighted by Crippen LogP contribution is -2.06. The van der Waals surface area contributed by atoms with Crippen molar-refractivity contribution >= 4 is 17.1 Å². The Morgan fingerprint density at radius 3 is 1.72 bits per heavy atom. The van der Waals surface area contributed by atoms with Crippen molar-refractivity contribution < 1.29 is 0 Å². The Hall–Kier alpha value is -6.64. The van der Waals surface area contributed by atoms with Gasteiger partial charge in [0.2, 0.25) is 0 Å². The lowest BCUT2D eigenvalue weighted by molar-refractivity contribution is 0.851. The Bertz CT molecular complexity index is 2390. The zero-order valence-electron chi connectivity index (χ0n) is 29.7. The van der Waals surface area contributed by atoms with E-state index in [-0.39, 0.29) is 5.92 Å². The van der Waals surface area contributed by atoms with E-state index >= 15 is 0 Å². The van der Waals surface area contributed by atoms with E-state index in [1.54, 1.807) is 0 Å². The fourth-order valence-electron chi connectivity index (χ4n) is 7.19.